The second-order valence-electron chi connectivity index (χ2n) is 5.77. The second kappa shape index (κ2) is 8.08. The number of hydrogen-bond acceptors (Lipinski definition) is 5. The molecule has 6 heteroatoms. The maximum absolute atomic E-state index is 12.3. The smallest absolute Gasteiger partial charge is 0.337 e. The molecule has 1 heterocycles. The van der Waals surface area contributed by atoms with Crippen molar-refractivity contribution in [2.24, 2.45) is 0 Å². The van der Waals surface area contributed by atoms with Crippen LogP contribution in [-0.2, 0) is 16.1 Å². The van der Waals surface area contributed by atoms with Crippen LogP contribution in [0.1, 0.15) is 26.4 Å². The summed E-state index contributed by atoms with van der Waals surface area (Å²) >= 11 is 1.69. The minimum absolute atomic E-state index is 0.114. The van der Waals surface area contributed by atoms with Gasteiger partial charge in [0.2, 0.25) is 5.91 Å². The summed E-state index contributed by atoms with van der Waals surface area (Å²) in [4.78, 5) is 27.1. The molecule has 0 radical (unpaired) electrons. The van der Waals surface area contributed by atoms with E-state index in [9.17, 15) is 9.59 Å². The van der Waals surface area contributed by atoms with Crippen LogP contribution in [0.4, 0.5) is 5.69 Å². The number of nitrogens with zero attached hydrogens (tertiary/aromatic N) is 1. The Bertz CT molecular complexity index is 740. The van der Waals surface area contributed by atoms with Crippen molar-refractivity contribution in [1.82, 2.24) is 4.90 Å². The highest BCUT2D eigenvalue weighted by atomic mass is 32.1. The van der Waals surface area contributed by atoms with Crippen LogP contribution in [-0.4, -0.2) is 37.5 Å². The van der Waals surface area contributed by atoms with Gasteiger partial charge < -0.3 is 10.1 Å². The molecule has 0 saturated heterocycles. The fourth-order valence-electron chi connectivity index (χ4n) is 2.30. The fraction of sp³-hybridized carbons (Fsp3) is 0.333. The van der Waals surface area contributed by atoms with E-state index in [1.54, 1.807) is 29.5 Å². The van der Waals surface area contributed by atoms with Gasteiger partial charge in [-0.15, -0.1) is 11.3 Å². The summed E-state index contributed by atoms with van der Waals surface area (Å²) in [6.07, 6.45) is 0. The van der Waals surface area contributed by atoms with Gasteiger partial charge in [0.1, 0.15) is 0 Å². The number of hydrogen-bond donors (Lipinski definition) is 1. The van der Waals surface area contributed by atoms with Crippen molar-refractivity contribution >= 4 is 28.9 Å². The molecule has 0 unspecified atom stereocenters. The van der Waals surface area contributed by atoms with Crippen molar-refractivity contribution in [3.8, 4) is 0 Å². The number of esters is 1. The first-order chi connectivity index (χ1) is 11.4. The second-order valence-corrected chi connectivity index (χ2v) is 6.77. The van der Waals surface area contributed by atoms with E-state index in [0.29, 0.717) is 11.3 Å². The molecule has 128 valence electrons. The number of methoxy groups -OCH3 is 1. The number of likely N-dealkylation sites (N-methyl/N-ethyl adjacent to an activating group) is 1. The number of rotatable bonds is 6. The van der Waals surface area contributed by atoms with Crippen LogP contribution in [0.25, 0.3) is 0 Å². The van der Waals surface area contributed by atoms with E-state index >= 15 is 0 Å². The molecule has 1 amide bonds. The highest BCUT2D eigenvalue weighted by Gasteiger charge is 2.13. The fourth-order valence-corrected chi connectivity index (χ4v) is 3.29. The van der Waals surface area contributed by atoms with Crippen molar-refractivity contribution in [3.63, 3.8) is 0 Å². The highest BCUT2D eigenvalue weighted by molar-refractivity contribution is 7.10. The Balaban J connectivity index is 1.99. The minimum atomic E-state index is -0.421. The number of thiophene rings is 1. The van der Waals surface area contributed by atoms with Gasteiger partial charge in [-0.25, -0.2) is 4.79 Å². The first-order valence-corrected chi connectivity index (χ1v) is 8.49. The third-order valence-corrected chi connectivity index (χ3v) is 4.74. The predicted molar refractivity (Wildman–Crippen MR) is 96.5 cm³/mol. The average Bonchev–Trinajstić information content (AvgIpc) is 2.93. The molecule has 24 heavy (non-hydrogen) atoms. The van der Waals surface area contributed by atoms with E-state index in [2.05, 4.69) is 23.7 Å². The van der Waals surface area contributed by atoms with Gasteiger partial charge in [0.15, 0.2) is 0 Å². The standard InChI is InChI=1S/C18H22N2O3S/c1-12-5-6-14(18(22)23-4)9-15(12)19-17(21)11-20(3)10-16-13(2)7-8-24-16/h5-9H,10-11H2,1-4H3,(H,19,21). The van der Waals surface area contributed by atoms with Gasteiger partial charge in [-0.3, -0.25) is 9.69 Å². The third kappa shape index (κ3) is 4.66. The van der Waals surface area contributed by atoms with Crippen molar-refractivity contribution in [2.45, 2.75) is 20.4 Å². The van der Waals surface area contributed by atoms with Crippen LogP contribution in [0.15, 0.2) is 29.6 Å². The number of ether oxygens (including phenoxy) is 1. The summed E-state index contributed by atoms with van der Waals surface area (Å²) in [5, 5.41) is 4.93. The molecule has 0 aliphatic carbocycles. The number of nitrogens with one attached hydrogen (secondary N) is 1. The van der Waals surface area contributed by atoms with Gasteiger partial charge in [-0.1, -0.05) is 6.07 Å². The maximum Gasteiger partial charge on any atom is 0.337 e. The lowest BCUT2D eigenvalue weighted by atomic mass is 10.1. The summed E-state index contributed by atoms with van der Waals surface area (Å²) < 4.78 is 4.71. The van der Waals surface area contributed by atoms with Crippen molar-refractivity contribution in [1.29, 1.82) is 0 Å². The first kappa shape index (κ1) is 18.2. The quantitative estimate of drug-likeness (QED) is 0.816. The van der Waals surface area contributed by atoms with E-state index in [1.807, 2.05) is 18.9 Å². The number of carbonyl (C=O) groups excluding carboxylic acids is 2. The Morgan fingerprint density at radius 2 is 1.96 bits per heavy atom. The number of carbonyl (C=O) groups is 2. The van der Waals surface area contributed by atoms with Gasteiger partial charge >= 0.3 is 5.97 Å². The number of amides is 1. The molecule has 0 saturated carbocycles. The lowest BCUT2D eigenvalue weighted by Crippen LogP contribution is -2.30. The maximum atomic E-state index is 12.3. The molecule has 0 atom stereocenters. The number of benzene rings is 1. The summed E-state index contributed by atoms with van der Waals surface area (Å²) in [5.74, 6) is -0.535. The van der Waals surface area contributed by atoms with E-state index < -0.39 is 5.97 Å². The molecule has 0 aliphatic rings. The van der Waals surface area contributed by atoms with Gasteiger partial charge in [-0.2, -0.15) is 0 Å². The van der Waals surface area contributed by atoms with Crippen LogP contribution in [0.5, 0.6) is 0 Å². The SMILES string of the molecule is COC(=O)c1ccc(C)c(NC(=O)CN(C)Cc2sccc2C)c1. The van der Waals surface area contributed by atoms with E-state index in [-0.39, 0.29) is 12.5 Å². The van der Waals surface area contributed by atoms with Gasteiger partial charge in [0.05, 0.1) is 19.2 Å². The van der Waals surface area contributed by atoms with Gasteiger partial charge in [-0.05, 0) is 55.6 Å². The Labute approximate surface area is 146 Å². The molecular weight excluding hydrogens is 324 g/mol. The van der Waals surface area contributed by atoms with Gasteiger partial charge in [0, 0.05) is 17.1 Å². The summed E-state index contributed by atoms with van der Waals surface area (Å²) in [7, 11) is 3.25. The minimum Gasteiger partial charge on any atom is -0.465 e. The monoisotopic (exact) mass is 346 g/mol. The summed E-state index contributed by atoms with van der Waals surface area (Å²) in [6, 6.07) is 7.20. The van der Waals surface area contributed by atoms with E-state index in [1.165, 1.54) is 17.6 Å². The zero-order valence-electron chi connectivity index (χ0n) is 14.4. The molecule has 0 fully saturated rings. The van der Waals surface area contributed by atoms with Crippen molar-refractivity contribution in [2.75, 3.05) is 26.0 Å². The van der Waals surface area contributed by atoms with Crippen LogP contribution < -0.4 is 5.32 Å². The molecule has 0 aliphatic heterocycles. The van der Waals surface area contributed by atoms with Crippen molar-refractivity contribution in [3.05, 3.63) is 51.2 Å². The Hall–Kier alpha value is -2.18. The molecule has 1 N–H and O–H groups in total. The highest BCUT2D eigenvalue weighted by Crippen LogP contribution is 2.19. The van der Waals surface area contributed by atoms with Crippen LogP contribution in [0, 0.1) is 13.8 Å². The largest absolute Gasteiger partial charge is 0.465 e. The molecular formula is C18H22N2O3S. The average molecular weight is 346 g/mol. The molecule has 1 aromatic heterocycles. The summed E-state index contributed by atoms with van der Waals surface area (Å²) in [6.45, 7) is 4.97. The Morgan fingerprint density at radius 3 is 2.58 bits per heavy atom. The summed E-state index contributed by atoms with van der Waals surface area (Å²) in [5.41, 5.74) is 3.19. The molecule has 0 bridgehead atoms. The molecule has 1 aromatic carbocycles. The van der Waals surface area contributed by atoms with Gasteiger partial charge in [0.25, 0.3) is 0 Å². The third-order valence-electron chi connectivity index (χ3n) is 3.73. The zero-order valence-corrected chi connectivity index (χ0v) is 15.2. The lowest BCUT2D eigenvalue weighted by Gasteiger charge is -2.17. The Kier molecular flexibility index (Phi) is 6.11. The molecule has 2 aromatic rings. The topological polar surface area (TPSA) is 58.6 Å². The zero-order chi connectivity index (χ0) is 17.7. The Morgan fingerprint density at radius 1 is 1.21 bits per heavy atom. The van der Waals surface area contributed by atoms with E-state index in [0.717, 1.165) is 12.1 Å². The number of aryl methyl sites for hydroxylation is 2. The van der Waals surface area contributed by atoms with Crippen molar-refractivity contribution < 1.29 is 14.3 Å². The van der Waals surface area contributed by atoms with E-state index in [4.69, 9.17) is 4.74 Å². The predicted octanol–water partition coefficient (Wildman–Crippen LogP) is 3.22. The van der Waals surface area contributed by atoms with Crippen LogP contribution in [0.2, 0.25) is 0 Å². The number of anilines is 1. The molecule has 2 rings (SSSR count). The first-order valence-electron chi connectivity index (χ1n) is 7.61. The normalized spacial score (nSPS) is 10.7. The molecule has 5 nitrogen and oxygen atoms in total. The van der Waals surface area contributed by atoms with Crippen LogP contribution >= 0.6 is 11.3 Å². The van der Waals surface area contributed by atoms with Crippen LogP contribution in [0.3, 0.4) is 0 Å². The molecule has 0 spiro atoms. The lowest BCUT2D eigenvalue weighted by molar-refractivity contribution is -0.117.